The van der Waals surface area contributed by atoms with Gasteiger partial charge in [-0.1, -0.05) is 67.1 Å². The lowest BCUT2D eigenvalue weighted by Gasteiger charge is -2.31. The van der Waals surface area contributed by atoms with Crippen LogP contribution in [0.5, 0.6) is 5.75 Å². The molecule has 0 bridgehead atoms. The Hall–Kier alpha value is -2.87. The molecule has 5 nitrogen and oxygen atoms in total. The fraction of sp³-hybridized carbons (Fsp3) is 0.286. The topological polar surface area (TPSA) is 58.6 Å². The average Bonchev–Trinajstić information content (AvgIpc) is 2.85. The third-order valence-corrected chi connectivity index (χ3v) is 6.15. The number of hydrogen-bond acceptors (Lipinski definition) is 3. The molecule has 0 saturated carbocycles. The van der Waals surface area contributed by atoms with Gasteiger partial charge in [0.15, 0.2) is 6.61 Å². The number of carbonyl (C=O) groups excluding carboxylic acids is 2. The third kappa shape index (κ3) is 7.87. The van der Waals surface area contributed by atoms with Crippen LogP contribution in [0.4, 0.5) is 0 Å². The van der Waals surface area contributed by atoms with Gasteiger partial charge in [-0.25, -0.2) is 0 Å². The highest BCUT2D eigenvalue weighted by Crippen LogP contribution is 2.18. The molecule has 6 heteroatoms. The summed E-state index contributed by atoms with van der Waals surface area (Å²) in [7, 11) is 0. The first-order valence-electron chi connectivity index (χ1n) is 11.5. The van der Waals surface area contributed by atoms with Crippen molar-refractivity contribution in [2.24, 2.45) is 0 Å². The summed E-state index contributed by atoms with van der Waals surface area (Å²) in [5, 5.41) is 2.99. The van der Waals surface area contributed by atoms with Gasteiger partial charge in [-0.05, 0) is 71.3 Å². The molecule has 0 aromatic heterocycles. The largest absolute Gasteiger partial charge is 0.484 e. The number of halogens is 1. The van der Waals surface area contributed by atoms with Crippen LogP contribution in [0.2, 0.25) is 0 Å². The van der Waals surface area contributed by atoms with Gasteiger partial charge in [0.05, 0.1) is 0 Å². The molecule has 0 fully saturated rings. The molecule has 0 aliphatic heterocycles. The Labute approximate surface area is 215 Å². The molecule has 0 saturated heterocycles. The minimum absolute atomic E-state index is 0.140. The monoisotopic (exact) mass is 570 g/mol. The maximum atomic E-state index is 13.5. The second kappa shape index (κ2) is 13.1. The highest BCUT2D eigenvalue weighted by Gasteiger charge is 2.30. The van der Waals surface area contributed by atoms with Crippen LogP contribution in [-0.2, 0) is 22.6 Å². The van der Waals surface area contributed by atoms with E-state index in [9.17, 15) is 9.59 Å². The Balaban J connectivity index is 1.88. The lowest BCUT2D eigenvalue weighted by Crippen LogP contribution is -2.51. The Bertz CT molecular complexity index is 1070. The summed E-state index contributed by atoms with van der Waals surface area (Å²) in [6.07, 6.45) is 1.25. The van der Waals surface area contributed by atoms with E-state index in [4.69, 9.17) is 4.74 Å². The van der Waals surface area contributed by atoms with Crippen molar-refractivity contribution in [3.05, 3.63) is 99.1 Å². The molecule has 2 amide bonds. The van der Waals surface area contributed by atoms with E-state index >= 15 is 0 Å². The highest BCUT2D eigenvalue weighted by molar-refractivity contribution is 14.1. The minimum Gasteiger partial charge on any atom is -0.484 e. The van der Waals surface area contributed by atoms with Crippen molar-refractivity contribution >= 4 is 34.4 Å². The summed E-state index contributed by atoms with van der Waals surface area (Å²) in [5.41, 5.74) is 3.08. The number of hydrogen-bond donors (Lipinski definition) is 1. The Morgan fingerprint density at radius 2 is 1.68 bits per heavy atom. The Kier molecular flexibility index (Phi) is 9.94. The predicted molar refractivity (Wildman–Crippen MR) is 144 cm³/mol. The molecule has 3 aromatic carbocycles. The number of carbonyl (C=O) groups is 2. The number of nitrogens with zero attached hydrogens (tertiary/aromatic N) is 1. The van der Waals surface area contributed by atoms with E-state index in [0.717, 1.165) is 26.7 Å². The molecule has 1 atom stereocenters. The van der Waals surface area contributed by atoms with E-state index in [1.165, 1.54) is 0 Å². The van der Waals surface area contributed by atoms with Crippen LogP contribution in [0.3, 0.4) is 0 Å². The second-order valence-corrected chi connectivity index (χ2v) is 9.50. The molecule has 34 heavy (non-hydrogen) atoms. The molecular weight excluding hydrogens is 539 g/mol. The number of nitrogens with one attached hydrogen (secondary N) is 1. The average molecular weight is 570 g/mol. The number of amides is 2. The first kappa shape index (κ1) is 25.7. The van der Waals surface area contributed by atoms with Crippen LogP contribution in [0.1, 0.15) is 30.0 Å². The van der Waals surface area contributed by atoms with E-state index in [1.807, 2.05) is 92.7 Å². The Morgan fingerprint density at radius 3 is 2.35 bits per heavy atom. The smallest absolute Gasteiger partial charge is 0.261 e. The minimum atomic E-state index is -0.651. The third-order valence-electron chi connectivity index (χ3n) is 5.43. The highest BCUT2D eigenvalue weighted by atomic mass is 127. The molecule has 0 spiro atoms. The van der Waals surface area contributed by atoms with Gasteiger partial charge in [0.25, 0.3) is 5.91 Å². The van der Waals surface area contributed by atoms with Crippen molar-refractivity contribution in [2.45, 2.75) is 39.3 Å². The number of rotatable bonds is 11. The van der Waals surface area contributed by atoms with Crippen LogP contribution in [0.25, 0.3) is 0 Å². The van der Waals surface area contributed by atoms with Crippen LogP contribution in [-0.4, -0.2) is 35.9 Å². The van der Waals surface area contributed by atoms with Gasteiger partial charge in [0.2, 0.25) is 5.91 Å². The summed E-state index contributed by atoms with van der Waals surface area (Å²) in [5.74, 6) is 0.243. The maximum absolute atomic E-state index is 13.5. The van der Waals surface area contributed by atoms with Gasteiger partial charge < -0.3 is 15.0 Å². The summed E-state index contributed by atoms with van der Waals surface area (Å²) >= 11 is 2.23. The number of benzene rings is 3. The zero-order valence-electron chi connectivity index (χ0n) is 19.7. The zero-order chi connectivity index (χ0) is 24.3. The van der Waals surface area contributed by atoms with Gasteiger partial charge in [-0.2, -0.15) is 0 Å². The Morgan fingerprint density at radius 1 is 0.971 bits per heavy atom. The normalized spacial score (nSPS) is 11.5. The van der Waals surface area contributed by atoms with Crippen molar-refractivity contribution in [3.63, 3.8) is 0 Å². The van der Waals surface area contributed by atoms with Crippen LogP contribution in [0.15, 0.2) is 78.9 Å². The van der Waals surface area contributed by atoms with E-state index < -0.39 is 6.04 Å². The van der Waals surface area contributed by atoms with E-state index in [2.05, 4.69) is 27.9 Å². The quantitative estimate of drug-likeness (QED) is 0.325. The van der Waals surface area contributed by atoms with Gasteiger partial charge in [0, 0.05) is 23.1 Å². The van der Waals surface area contributed by atoms with E-state index in [0.29, 0.717) is 25.3 Å². The van der Waals surface area contributed by atoms with Gasteiger partial charge >= 0.3 is 0 Å². The van der Waals surface area contributed by atoms with E-state index in [1.54, 1.807) is 4.90 Å². The van der Waals surface area contributed by atoms with Crippen LogP contribution in [0, 0.1) is 10.5 Å². The predicted octanol–water partition coefficient (Wildman–Crippen LogP) is 5.14. The standard InChI is InChI=1S/C28H31IN2O3/c1-3-16-30-28(33)26(18-22-9-5-4-6-10-22)31(19-23-11-7-8-21(2)17-23)27(32)20-34-25-14-12-24(29)13-15-25/h4-15,17,26H,3,16,18-20H2,1-2H3,(H,30,33)/t26-/m1/s1. The van der Waals surface area contributed by atoms with E-state index in [-0.39, 0.29) is 18.4 Å². The molecule has 3 rings (SSSR count). The number of aryl methyl sites for hydroxylation is 1. The van der Waals surface area contributed by atoms with Gasteiger partial charge in [-0.15, -0.1) is 0 Å². The summed E-state index contributed by atoms with van der Waals surface area (Å²) in [4.78, 5) is 28.4. The first-order chi connectivity index (χ1) is 16.5. The van der Waals surface area contributed by atoms with Crippen molar-refractivity contribution in [2.75, 3.05) is 13.2 Å². The molecular formula is C28H31IN2O3. The van der Waals surface area contributed by atoms with Gasteiger partial charge in [-0.3, -0.25) is 9.59 Å². The van der Waals surface area contributed by atoms with Gasteiger partial charge in [0.1, 0.15) is 11.8 Å². The lowest BCUT2D eigenvalue weighted by molar-refractivity contribution is -0.142. The molecule has 0 heterocycles. The molecule has 0 aliphatic carbocycles. The molecule has 0 radical (unpaired) electrons. The summed E-state index contributed by atoms with van der Waals surface area (Å²) in [6.45, 7) is 4.78. The van der Waals surface area contributed by atoms with Crippen molar-refractivity contribution in [3.8, 4) is 5.75 Å². The molecule has 1 N–H and O–H groups in total. The first-order valence-corrected chi connectivity index (χ1v) is 12.6. The van der Waals surface area contributed by atoms with Crippen molar-refractivity contribution < 1.29 is 14.3 Å². The molecule has 0 unspecified atom stereocenters. The second-order valence-electron chi connectivity index (χ2n) is 8.25. The van der Waals surface area contributed by atoms with Crippen molar-refractivity contribution in [1.29, 1.82) is 0 Å². The number of ether oxygens (including phenoxy) is 1. The molecule has 178 valence electrons. The molecule has 0 aliphatic rings. The fourth-order valence-corrected chi connectivity index (χ4v) is 4.05. The maximum Gasteiger partial charge on any atom is 0.261 e. The SMILES string of the molecule is CCCNC(=O)[C@@H](Cc1ccccc1)N(Cc1cccc(C)c1)C(=O)COc1ccc(I)cc1. The molecule has 3 aromatic rings. The van der Waals surface area contributed by atoms with Crippen LogP contribution < -0.4 is 10.1 Å². The lowest BCUT2D eigenvalue weighted by atomic mass is 10.0. The summed E-state index contributed by atoms with van der Waals surface area (Å²) in [6, 6.07) is 24.7. The fourth-order valence-electron chi connectivity index (χ4n) is 3.69. The van der Waals surface area contributed by atoms with Crippen molar-refractivity contribution in [1.82, 2.24) is 10.2 Å². The zero-order valence-corrected chi connectivity index (χ0v) is 21.8. The summed E-state index contributed by atoms with van der Waals surface area (Å²) < 4.78 is 6.89. The van der Waals surface area contributed by atoms with Crippen LogP contribution >= 0.6 is 22.6 Å².